The fourth-order valence-corrected chi connectivity index (χ4v) is 1.65. The van der Waals surface area contributed by atoms with E-state index in [1.165, 1.54) is 19.1 Å². The Morgan fingerprint density at radius 1 is 1.32 bits per heavy atom. The third-order valence-electron chi connectivity index (χ3n) is 1.90. The number of ether oxygens (including phenoxy) is 2. The van der Waals surface area contributed by atoms with Crippen LogP contribution in [0.25, 0.3) is 0 Å². The first kappa shape index (κ1) is 15.0. The standard InChI is InChI=1S/C12H12O6S/c1-3-4-12(17-9(2)13)18-10-5-7-11(8-6-10)19(14,15)16/h5-8,12H,1-2H3,(H,14,15,16). The van der Waals surface area contributed by atoms with Crippen molar-refractivity contribution < 1.29 is 27.2 Å². The molecule has 1 rings (SSSR count). The van der Waals surface area contributed by atoms with E-state index >= 15 is 0 Å². The summed E-state index contributed by atoms with van der Waals surface area (Å²) in [6, 6.07) is 4.96. The molecule has 0 aromatic heterocycles. The highest BCUT2D eigenvalue weighted by Crippen LogP contribution is 2.17. The first-order valence-electron chi connectivity index (χ1n) is 5.16. The topological polar surface area (TPSA) is 89.9 Å². The lowest BCUT2D eigenvalue weighted by Gasteiger charge is -2.13. The minimum absolute atomic E-state index is 0.251. The molecule has 1 aromatic carbocycles. The molecule has 1 aromatic rings. The van der Waals surface area contributed by atoms with Gasteiger partial charge >= 0.3 is 12.3 Å². The molecule has 0 aliphatic carbocycles. The minimum atomic E-state index is -4.25. The van der Waals surface area contributed by atoms with Crippen molar-refractivity contribution in [2.24, 2.45) is 0 Å². The van der Waals surface area contributed by atoms with Crippen LogP contribution in [0.4, 0.5) is 0 Å². The minimum Gasteiger partial charge on any atom is -0.444 e. The average Bonchev–Trinajstić information content (AvgIpc) is 2.28. The van der Waals surface area contributed by atoms with Crippen molar-refractivity contribution in [1.82, 2.24) is 0 Å². The number of rotatable bonds is 4. The van der Waals surface area contributed by atoms with Crippen LogP contribution in [0, 0.1) is 11.8 Å². The molecule has 0 saturated heterocycles. The van der Waals surface area contributed by atoms with Gasteiger partial charge in [0.25, 0.3) is 10.1 Å². The van der Waals surface area contributed by atoms with E-state index in [1.807, 2.05) is 0 Å². The van der Waals surface area contributed by atoms with E-state index in [0.29, 0.717) is 0 Å². The molecule has 0 radical (unpaired) electrons. The van der Waals surface area contributed by atoms with Crippen LogP contribution in [0.3, 0.4) is 0 Å². The maximum absolute atomic E-state index is 10.8. The highest BCUT2D eigenvalue weighted by molar-refractivity contribution is 7.85. The molecule has 0 fully saturated rings. The molecule has 0 heterocycles. The molecule has 102 valence electrons. The van der Waals surface area contributed by atoms with Gasteiger partial charge in [-0.05, 0) is 37.1 Å². The smallest absolute Gasteiger partial charge is 0.308 e. The summed E-state index contributed by atoms with van der Waals surface area (Å²) in [6.07, 6.45) is -1.07. The molecule has 1 unspecified atom stereocenters. The summed E-state index contributed by atoms with van der Waals surface area (Å²) < 4.78 is 40.5. The lowest BCUT2D eigenvalue weighted by atomic mass is 10.3. The van der Waals surface area contributed by atoms with E-state index in [1.54, 1.807) is 6.92 Å². The van der Waals surface area contributed by atoms with Gasteiger partial charge < -0.3 is 9.47 Å². The average molecular weight is 284 g/mol. The van der Waals surface area contributed by atoms with Gasteiger partial charge in [-0.3, -0.25) is 9.35 Å². The predicted molar refractivity (Wildman–Crippen MR) is 65.9 cm³/mol. The Balaban J connectivity index is 2.85. The molecule has 6 nitrogen and oxygen atoms in total. The van der Waals surface area contributed by atoms with E-state index in [0.717, 1.165) is 12.1 Å². The molecule has 0 amide bonds. The fourth-order valence-electron chi connectivity index (χ4n) is 1.17. The molecular weight excluding hydrogens is 272 g/mol. The van der Waals surface area contributed by atoms with Crippen LogP contribution in [-0.2, 0) is 19.6 Å². The Bertz CT molecular complexity index is 606. The van der Waals surface area contributed by atoms with Crippen LogP contribution >= 0.6 is 0 Å². The zero-order chi connectivity index (χ0) is 14.5. The number of carbonyl (C=O) groups is 1. The Morgan fingerprint density at radius 3 is 2.32 bits per heavy atom. The number of hydrogen-bond donors (Lipinski definition) is 1. The molecule has 0 bridgehead atoms. The maximum Gasteiger partial charge on any atom is 0.308 e. The predicted octanol–water partition coefficient (Wildman–Crippen LogP) is 1.22. The van der Waals surface area contributed by atoms with Crippen LogP contribution in [0.1, 0.15) is 13.8 Å². The van der Waals surface area contributed by atoms with E-state index in [-0.39, 0.29) is 10.6 Å². The molecule has 0 aliphatic heterocycles. The molecule has 19 heavy (non-hydrogen) atoms. The summed E-state index contributed by atoms with van der Waals surface area (Å²) >= 11 is 0. The van der Waals surface area contributed by atoms with E-state index in [9.17, 15) is 13.2 Å². The summed E-state index contributed by atoms with van der Waals surface area (Å²) in [7, 11) is -4.25. The third-order valence-corrected chi connectivity index (χ3v) is 2.77. The van der Waals surface area contributed by atoms with E-state index in [4.69, 9.17) is 14.0 Å². The van der Waals surface area contributed by atoms with Crippen molar-refractivity contribution in [1.29, 1.82) is 0 Å². The van der Waals surface area contributed by atoms with Gasteiger partial charge in [-0.1, -0.05) is 5.92 Å². The van der Waals surface area contributed by atoms with Crippen LogP contribution in [-0.4, -0.2) is 25.2 Å². The van der Waals surface area contributed by atoms with Crippen molar-refractivity contribution in [2.75, 3.05) is 0 Å². The van der Waals surface area contributed by atoms with Gasteiger partial charge in [0.1, 0.15) is 5.75 Å². The van der Waals surface area contributed by atoms with E-state index in [2.05, 4.69) is 11.8 Å². The van der Waals surface area contributed by atoms with Crippen LogP contribution in [0.2, 0.25) is 0 Å². The van der Waals surface area contributed by atoms with Crippen molar-refractivity contribution in [2.45, 2.75) is 25.0 Å². The molecule has 0 spiro atoms. The van der Waals surface area contributed by atoms with Gasteiger partial charge in [0.2, 0.25) is 0 Å². The highest BCUT2D eigenvalue weighted by atomic mass is 32.2. The quantitative estimate of drug-likeness (QED) is 0.387. The Kier molecular flexibility index (Phi) is 4.92. The second kappa shape index (κ2) is 6.22. The van der Waals surface area contributed by atoms with Gasteiger partial charge in [0, 0.05) is 6.92 Å². The van der Waals surface area contributed by atoms with Gasteiger partial charge in [0.15, 0.2) is 0 Å². The largest absolute Gasteiger partial charge is 0.444 e. The molecule has 1 N–H and O–H groups in total. The van der Waals surface area contributed by atoms with Gasteiger partial charge in [-0.2, -0.15) is 8.42 Å². The third kappa shape index (κ3) is 4.99. The second-order valence-corrected chi connectivity index (χ2v) is 4.82. The van der Waals surface area contributed by atoms with Crippen LogP contribution in [0.15, 0.2) is 29.2 Å². The number of hydrogen-bond acceptors (Lipinski definition) is 5. The first-order chi connectivity index (χ1) is 8.82. The zero-order valence-electron chi connectivity index (χ0n) is 10.3. The summed E-state index contributed by atoms with van der Waals surface area (Å²) in [5, 5.41) is 0. The highest BCUT2D eigenvalue weighted by Gasteiger charge is 2.12. The number of benzene rings is 1. The van der Waals surface area contributed by atoms with Crippen molar-refractivity contribution in [3.63, 3.8) is 0 Å². The lowest BCUT2D eigenvalue weighted by Crippen LogP contribution is -2.21. The molecule has 0 aliphatic rings. The second-order valence-electron chi connectivity index (χ2n) is 3.40. The van der Waals surface area contributed by atoms with Gasteiger partial charge in [-0.15, -0.1) is 0 Å². The van der Waals surface area contributed by atoms with Crippen LogP contribution in [0.5, 0.6) is 5.75 Å². The normalized spacial score (nSPS) is 11.9. The molecule has 1 atom stereocenters. The van der Waals surface area contributed by atoms with Crippen molar-refractivity contribution in [3.05, 3.63) is 24.3 Å². The van der Waals surface area contributed by atoms with Gasteiger partial charge in [0.05, 0.1) is 4.90 Å². The summed E-state index contributed by atoms with van der Waals surface area (Å²) in [6.45, 7) is 2.77. The monoisotopic (exact) mass is 284 g/mol. The summed E-state index contributed by atoms with van der Waals surface area (Å²) in [5.74, 6) is 4.76. The lowest BCUT2D eigenvalue weighted by molar-refractivity contribution is -0.154. The van der Waals surface area contributed by atoms with Crippen LogP contribution < -0.4 is 4.74 Å². The van der Waals surface area contributed by atoms with Gasteiger partial charge in [-0.25, -0.2) is 0 Å². The Morgan fingerprint density at radius 2 is 1.89 bits per heavy atom. The van der Waals surface area contributed by atoms with Crippen molar-refractivity contribution in [3.8, 4) is 17.6 Å². The molecular formula is C12H12O6S. The number of carbonyl (C=O) groups excluding carboxylic acids is 1. The maximum atomic E-state index is 10.8. The van der Waals surface area contributed by atoms with Crippen molar-refractivity contribution >= 4 is 16.1 Å². The zero-order valence-corrected chi connectivity index (χ0v) is 11.1. The fraction of sp³-hybridized carbons (Fsp3) is 0.250. The molecule has 7 heteroatoms. The SMILES string of the molecule is CC#CC(OC(C)=O)Oc1ccc(S(=O)(=O)O)cc1. The first-order valence-corrected chi connectivity index (χ1v) is 6.60. The number of esters is 1. The summed E-state index contributed by atoms with van der Waals surface area (Å²) in [5.41, 5.74) is 0. The van der Waals surface area contributed by atoms with E-state index < -0.39 is 22.4 Å². The molecule has 0 saturated carbocycles. The summed E-state index contributed by atoms with van der Waals surface area (Å²) in [4.78, 5) is 10.6. The Labute approximate surface area is 111 Å². The Hall–Kier alpha value is -2.04.